The van der Waals surface area contributed by atoms with Crippen molar-refractivity contribution in [3.8, 4) is 0 Å². The molecule has 1 atom stereocenters. The van der Waals surface area contributed by atoms with E-state index in [1.54, 1.807) is 0 Å². The summed E-state index contributed by atoms with van der Waals surface area (Å²) in [6.07, 6.45) is 0. The Morgan fingerprint density at radius 3 is 2.59 bits per heavy atom. The third-order valence-electron chi connectivity index (χ3n) is 3.75. The molecule has 4 nitrogen and oxygen atoms in total. The minimum atomic E-state index is -0.275. The number of rotatable bonds is 5. The molecule has 2 N–H and O–H groups in total. The minimum absolute atomic E-state index is 0.0765. The van der Waals surface area contributed by atoms with E-state index < -0.39 is 0 Å². The smallest absolute Gasteiger partial charge is 0.252 e. The lowest BCUT2D eigenvalue weighted by Crippen LogP contribution is -2.44. The fourth-order valence-corrected chi connectivity index (χ4v) is 2.71. The fourth-order valence-electron chi connectivity index (χ4n) is 2.71. The average molecular weight is 300 g/mol. The van der Waals surface area contributed by atoms with Crippen molar-refractivity contribution in [2.45, 2.75) is 19.9 Å². The largest absolute Gasteiger partial charge is 0.394 e. The summed E-state index contributed by atoms with van der Waals surface area (Å²) >= 11 is 0. The van der Waals surface area contributed by atoms with Gasteiger partial charge in [-0.1, -0.05) is 35.9 Å². The molecule has 22 heavy (non-hydrogen) atoms. The van der Waals surface area contributed by atoms with Crippen LogP contribution in [-0.2, 0) is 0 Å². The number of hydrogen-bond donors (Lipinski definition) is 2. The van der Waals surface area contributed by atoms with Crippen LogP contribution in [0.25, 0.3) is 10.8 Å². The summed E-state index contributed by atoms with van der Waals surface area (Å²) in [7, 11) is 3.83. The van der Waals surface area contributed by atoms with Gasteiger partial charge >= 0.3 is 0 Å². The van der Waals surface area contributed by atoms with Crippen molar-refractivity contribution in [3.05, 3.63) is 47.0 Å². The Hall–Kier alpha value is -1.91. The third-order valence-corrected chi connectivity index (χ3v) is 3.75. The number of likely N-dealkylation sites (N-methyl/N-ethyl adjacent to an activating group) is 1. The van der Waals surface area contributed by atoms with Gasteiger partial charge in [-0.15, -0.1) is 0 Å². The number of benzene rings is 2. The second-order valence-corrected chi connectivity index (χ2v) is 6.10. The van der Waals surface area contributed by atoms with Gasteiger partial charge in [0.2, 0.25) is 0 Å². The second kappa shape index (κ2) is 6.90. The van der Waals surface area contributed by atoms with E-state index >= 15 is 0 Å². The summed E-state index contributed by atoms with van der Waals surface area (Å²) < 4.78 is 0. The van der Waals surface area contributed by atoms with Crippen LogP contribution in [0.1, 0.15) is 21.5 Å². The Labute approximate surface area is 131 Å². The van der Waals surface area contributed by atoms with E-state index in [0.717, 1.165) is 16.3 Å². The predicted octanol–water partition coefficient (Wildman–Crippen LogP) is 2.11. The molecular formula is C18H24N2O2. The lowest BCUT2D eigenvalue weighted by molar-refractivity contribution is 0.0906. The van der Waals surface area contributed by atoms with Gasteiger partial charge in [0.15, 0.2) is 0 Å². The van der Waals surface area contributed by atoms with E-state index in [9.17, 15) is 9.90 Å². The molecule has 0 heterocycles. The zero-order valence-electron chi connectivity index (χ0n) is 13.7. The van der Waals surface area contributed by atoms with Gasteiger partial charge in [-0.05, 0) is 44.3 Å². The highest BCUT2D eigenvalue weighted by Crippen LogP contribution is 2.23. The summed E-state index contributed by atoms with van der Waals surface area (Å²) in [6.45, 7) is 4.50. The van der Waals surface area contributed by atoms with E-state index in [-0.39, 0.29) is 18.6 Å². The van der Waals surface area contributed by atoms with Crippen LogP contribution < -0.4 is 5.32 Å². The van der Waals surface area contributed by atoms with E-state index in [0.29, 0.717) is 12.1 Å². The molecule has 0 aliphatic heterocycles. The zero-order chi connectivity index (χ0) is 16.3. The molecule has 2 aromatic carbocycles. The van der Waals surface area contributed by atoms with Crippen molar-refractivity contribution in [1.82, 2.24) is 10.2 Å². The Bertz CT molecular complexity index is 680. The molecule has 4 heteroatoms. The van der Waals surface area contributed by atoms with Crippen LogP contribution in [-0.4, -0.2) is 49.2 Å². The molecule has 0 aromatic heterocycles. The molecule has 0 saturated carbocycles. The molecule has 2 rings (SSSR count). The van der Waals surface area contributed by atoms with Gasteiger partial charge in [0, 0.05) is 6.54 Å². The summed E-state index contributed by atoms with van der Waals surface area (Å²) in [4.78, 5) is 14.6. The van der Waals surface area contributed by atoms with Crippen molar-refractivity contribution < 1.29 is 9.90 Å². The molecule has 0 radical (unpaired) electrons. The quantitative estimate of drug-likeness (QED) is 0.889. The fraction of sp³-hybridized carbons (Fsp3) is 0.389. The Morgan fingerprint density at radius 1 is 1.23 bits per heavy atom. The number of nitrogens with one attached hydrogen (secondary N) is 1. The van der Waals surface area contributed by atoms with Crippen LogP contribution in [0.5, 0.6) is 0 Å². The molecule has 1 unspecified atom stereocenters. The van der Waals surface area contributed by atoms with E-state index in [1.807, 2.05) is 57.1 Å². The van der Waals surface area contributed by atoms with Crippen molar-refractivity contribution in [1.29, 1.82) is 0 Å². The highest BCUT2D eigenvalue weighted by Gasteiger charge is 2.17. The topological polar surface area (TPSA) is 52.6 Å². The standard InChI is InChI=1S/C18H24N2O2/c1-12-5-8-16-14(9-12)7-6-13(2)17(16)18(22)19-15(11-21)10-20(3)4/h5-9,15,21H,10-11H2,1-4H3,(H,19,22). The van der Waals surface area contributed by atoms with Crippen molar-refractivity contribution >= 4 is 16.7 Å². The maximum atomic E-state index is 12.7. The molecule has 0 aliphatic rings. The number of nitrogens with zero attached hydrogens (tertiary/aromatic N) is 1. The van der Waals surface area contributed by atoms with Crippen LogP contribution in [0.2, 0.25) is 0 Å². The number of aliphatic hydroxyl groups is 1. The number of aliphatic hydroxyl groups excluding tert-OH is 1. The van der Waals surface area contributed by atoms with Crippen LogP contribution in [0, 0.1) is 13.8 Å². The van der Waals surface area contributed by atoms with Crippen molar-refractivity contribution in [2.24, 2.45) is 0 Å². The lowest BCUT2D eigenvalue weighted by Gasteiger charge is -2.21. The predicted molar refractivity (Wildman–Crippen MR) is 90.3 cm³/mol. The van der Waals surface area contributed by atoms with Crippen LogP contribution in [0.15, 0.2) is 30.3 Å². The normalized spacial score (nSPS) is 12.6. The van der Waals surface area contributed by atoms with E-state index in [2.05, 4.69) is 11.4 Å². The monoisotopic (exact) mass is 300 g/mol. The second-order valence-electron chi connectivity index (χ2n) is 6.10. The maximum absolute atomic E-state index is 12.7. The molecular weight excluding hydrogens is 276 g/mol. The molecule has 0 saturated heterocycles. The van der Waals surface area contributed by atoms with Gasteiger partial charge in [0.1, 0.15) is 0 Å². The summed E-state index contributed by atoms with van der Waals surface area (Å²) in [5.41, 5.74) is 2.80. The minimum Gasteiger partial charge on any atom is -0.394 e. The first kappa shape index (κ1) is 16.5. The summed E-state index contributed by atoms with van der Waals surface area (Å²) in [5, 5.41) is 14.4. The first-order chi connectivity index (χ1) is 10.4. The van der Waals surface area contributed by atoms with Gasteiger partial charge in [0.05, 0.1) is 18.2 Å². The van der Waals surface area contributed by atoms with Gasteiger partial charge in [0.25, 0.3) is 5.91 Å². The third kappa shape index (κ3) is 3.64. The number of carbonyl (C=O) groups excluding carboxylic acids is 1. The molecule has 1 amide bonds. The highest BCUT2D eigenvalue weighted by molar-refractivity contribution is 6.08. The van der Waals surface area contributed by atoms with Crippen molar-refractivity contribution in [2.75, 3.05) is 27.2 Å². The maximum Gasteiger partial charge on any atom is 0.252 e. The number of hydrogen-bond acceptors (Lipinski definition) is 3. The number of aryl methyl sites for hydroxylation is 2. The van der Waals surface area contributed by atoms with E-state index in [4.69, 9.17) is 0 Å². The van der Waals surface area contributed by atoms with Gasteiger partial charge < -0.3 is 15.3 Å². The van der Waals surface area contributed by atoms with Gasteiger partial charge in [-0.2, -0.15) is 0 Å². The average Bonchev–Trinajstić information content (AvgIpc) is 2.46. The molecule has 2 aromatic rings. The number of carbonyl (C=O) groups is 1. The molecule has 0 aliphatic carbocycles. The SMILES string of the molecule is Cc1ccc2c(C(=O)NC(CO)CN(C)C)c(C)ccc2c1. The summed E-state index contributed by atoms with van der Waals surface area (Å²) in [6, 6.07) is 9.82. The zero-order valence-corrected chi connectivity index (χ0v) is 13.7. The highest BCUT2D eigenvalue weighted by atomic mass is 16.3. The van der Waals surface area contributed by atoms with Gasteiger partial charge in [-0.25, -0.2) is 0 Å². The molecule has 0 fully saturated rings. The Morgan fingerprint density at radius 2 is 1.95 bits per heavy atom. The Kier molecular flexibility index (Phi) is 5.16. The molecule has 118 valence electrons. The molecule has 0 spiro atoms. The van der Waals surface area contributed by atoms with Crippen LogP contribution in [0.4, 0.5) is 0 Å². The van der Waals surface area contributed by atoms with Crippen LogP contribution in [0.3, 0.4) is 0 Å². The number of amides is 1. The first-order valence-corrected chi connectivity index (χ1v) is 7.48. The lowest BCUT2D eigenvalue weighted by atomic mass is 9.97. The molecule has 0 bridgehead atoms. The number of fused-ring (bicyclic) bond motifs is 1. The van der Waals surface area contributed by atoms with Gasteiger partial charge in [-0.3, -0.25) is 4.79 Å². The Balaban J connectivity index is 2.36. The first-order valence-electron chi connectivity index (χ1n) is 7.48. The van der Waals surface area contributed by atoms with Crippen molar-refractivity contribution in [3.63, 3.8) is 0 Å². The van der Waals surface area contributed by atoms with Crippen LogP contribution >= 0.6 is 0 Å². The van der Waals surface area contributed by atoms with E-state index in [1.165, 1.54) is 5.56 Å². The summed E-state index contributed by atoms with van der Waals surface area (Å²) in [5.74, 6) is -0.132.